The van der Waals surface area contributed by atoms with Crippen molar-refractivity contribution in [2.24, 2.45) is 0 Å². The Morgan fingerprint density at radius 3 is 2.49 bits per heavy atom. The molecule has 1 fully saturated rings. The van der Waals surface area contributed by atoms with E-state index in [1.807, 2.05) is 0 Å². The van der Waals surface area contributed by atoms with E-state index in [0.717, 1.165) is 11.3 Å². The van der Waals surface area contributed by atoms with Crippen molar-refractivity contribution in [1.29, 1.82) is 0 Å². The second-order valence-electron chi connectivity index (χ2n) is 7.91. The summed E-state index contributed by atoms with van der Waals surface area (Å²) in [6.45, 7) is 1.32. The molecule has 3 heterocycles. The zero-order valence-corrected chi connectivity index (χ0v) is 21.1. The number of alkyl halides is 3. The van der Waals surface area contributed by atoms with Gasteiger partial charge in [-0.2, -0.15) is 22.5 Å². The van der Waals surface area contributed by atoms with Crippen LogP contribution < -0.4 is 16.0 Å². The highest BCUT2D eigenvalue weighted by atomic mass is 32.2. The van der Waals surface area contributed by atoms with Crippen LogP contribution in [0.5, 0.6) is 0 Å². The number of ether oxygens (including phenoxy) is 1. The van der Waals surface area contributed by atoms with Crippen LogP contribution in [-0.4, -0.2) is 61.9 Å². The first-order chi connectivity index (χ1) is 17.6. The molecule has 4 rings (SSSR count). The van der Waals surface area contributed by atoms with Gasteiger partial charge in [0.1, 0.15) is 16.4 Å². The molecule has 10 nitrogen and oxygen atoms in total. The van der Waals surface area contributed by atoms with Crippen molar-refractivity contribution in [3.8, 4) is 0 Å². The topological polar surface area (TPSA) is 126 Å². The quantitative estimate of drug-likeness (QED) is 0.385. The summed E-state index contributed by atoms with van der Waals surface area (Å²) in [5.41, 5.74) is 0.0712. The summed E-state index contributed by atoms with van der Waals surface area (Å²) in [4.78, 5) is 19.8. The van der Waals surface area contributed by atoms with E-state index in [-0.39, 0.29) is 22.3 Å². The number of sulfonamides is 1. The van der Waals surface area contributed by atoms with Crippen LogP contribution in [0.25, 0.3) is 0 Å². The minimum absolute atomic E-state index is 0.123. The van der Waals surface area contributed by atoms with Gasteiger partial charge in [-0.25, -0.2) is 13.4 Å². The van der Waals surface area contributed by atoms with Crippen molar-refractivity contribution >= 4 is 49.7 Å². The Bertz CT molecular complexity index is 1360. The normalized spacial score (nSPS) is 14.8. The molecule has 37 heavy (non-hydrogen) atoms. The van der Waals surface area contributed by atoms with Crippen LogP contribution in [0.15, 0.2) is 41.9 Å². The Morgan fingerprint density at radius 1 is 1.14 bits per heavy atom. The van der Waals surface area contributed by atoms with Crippen molar-refractivity contribution < 1.29 is 31.1 Å². The first-order valence-corrected chi connectivity index (χ1v) is 13.5. The number of hydrogen-bond acceptors (Lipinski definition) is 9. The molecule has 0 aliphatic carbocycles. The highest BCUT2D eigenvalue weighted by molar-refractivity contribution is 7.88. The predicted octanol–water partition coefficient (Wildman–Crippen LogP) is 3.57. The second-order valence-corrected chi connectivity index (χ2v) is 10.8. The Hall–Kier alpha value is -3.27. The Balaban J connectivity index is 1.52. The molecule has 0 atom stereocenters. The smallest absolute Gasteiger partial charge is 0.379 e. The molecular formula is C22H23F3N6O4S2. The number of anilines is 4. The van der Waals surface area contributed by atoms with Gasteiger partial charge in [0.15, 0.2) is 0 Å². The number of benzene rings is 1. The van der Waals surface area contributed by atoms with Crippen LogP contribution in [0.4, 0.5) is 35.6 Å². The summed E-state index contributed by atoms with van der Waals surface area (Å²) in [6, 6.07) is 7.86. The number of rotatable bonds is 8. The lowest BCUT2D eigenvalue weighted by Gasteiger charge is -2.26. The van der Waals surface area contributed by atoms with Gasteiger partial charge in [-0.3, -0.25) is 4.79 Å². The lowest BCUT2D eigenvalue weighted by Crippen LogP contribution is -2.41. The zero-order chi connectivity index (χ0) is 26.6. The fourth-order valence-electron chi connectivity index (χ4n) is 3.51. The Morgan fingerprint density at radius 2 is 1.84 bits per heavy atom. The maximum atomic E-state index is 13.6. The van der Waals surface area contributed by atoms with Crippen molar-refractivity contribution in [1.82, 2.24) is 19.6 Å². The average Bonchev–Trinajstić information content (AvgIpc) is 3.32. The predicted molar refractivity (Wildman–Crippen MR) is 133 cm³/mol. The molecule has 0 spiro atoms. The standard InChI is InChI=1S/C22H23F3N6O4S2/c1-26-19(32)16-6-11-36-20(16)29-18-17(22(23,24)25)12-27-21(30-18)28-15-4-2-14(3-5-15)13-37(33,34)31-7-9-35-10-8-31/h2-6,11-12H,7-10,13H2,1H3,(H,26,32)(H2,27,28,29,30). The van der Waals surface area contributed by atoms with E-state index in [4.69, 9.17) is 4.74 Å². The number of aromatic nitrogens is 2. The zero-order valence-electron chi connectivity index (χ0n) is 19.5. The number of hydrogen-bond donors (Lipinski definition) is 3. The second kappa shape index (κ2) is 11.0. The van der Waals surface area contributed by atoms with Gasteiger partial charge in [0.25, 0.3) is 5.91 Å². The summed E-state index contributed by atoms with van der Waals surface area (Å²) in [7, 11) is -2.09. The van der Waals surface area contributed by atoms with Crippen LogP contribution in [0, 0.1) is 0 Å². The number of thiophene rings is 1. The first kappa shape index (κ1) is 26.8. The lowest BCUT2D eigenvalue weighted by atomic mass is 10.2. The number of nitrogens with one attached hydrogen (secondary N) is 3. The van der Waals surface area contributed by atoms with Gasteiger partial charge in [0, 0.05) is 32.0 Å². The van der Waals surface area contributed by atoms with Gasteiger partial charge in [0.05, 0.1) is 24.5 Å². The van der Waals surface area contributed by atoms with E-state index in [2.05, 4.69) is 25.9 Å². The number of halogens is 3. The van der Waals surface area contributed by atoms with Crippen LogP contribution in [0.2, 0.25) is 0 Å². The molecule has 2 aromatic heterocycles. The van der Waals surface area contributed by atoms with Crippen molar-refractivity contribution in [2.45, 2.75) is 11.9 Å². The molecular weight excluding hydrogens is 533 g/mol. The number of carbonyl (C=O) groups is 1. The van der Waals surface area contributed by atoms with Gasteiger partial charge >= 0.3 is 6.18 Å². The van der Waals surface area contributed by atoms with Crippen LogP contribution in [0.3, 0.4) is 0 Å². The average molecular weight is 557 g/mol. The maximum Gasteiger partial charge on any atom is 0.421 e. The number of morpholine rings is 1. The number of amides is 1. The molecule has 1 saturated heterocycles. The molecule has 0 saturated carbocycles. The summed E-state index contributed by atoms with van der Waals surface area (Å²) in [5, 5.41) is 9.62. The fourth-order valence-corrected chi connectivity index (χ4v) is 5.80. The molecule has 0 unspecified atom stereocenters. The van der Waals surface area contributed by atoms with E-state index in [1.54, 1.807) is 29.6 Å². The third-order valence-corrected chi connectivity index (χ3v) is 8.07. The Kier molecular flexibility index (Phi) is 7.96. The molecule has 198 valence electrons. The molecule has 0 bridgehead atoms. The van der Waals surface area contributed by atoms with Gasteiger partial charge < -0.3 is 20.7 Å². The van der Waals surface area contributed by atoms with Crippen LogP contribution >= 0.6 is 11.3 Å². The van der Waals surface area contributed by atoms with E-state index >= 15 is 0 Å². The van der Waals surface area contributed by atoms with Gasteiger partial charge in [-0.1, -0.05) is 12.1 Å². The summed E-state index contributed by atoms with van der Waals surface area (Å²) in [5.74, 6) is -1.29. The number of nitrogens with zero attached hydrogens (tertiary/aromatic N) is 3. The highest BCUT2D eigenvalue weighted by Crippen LogP contribution is 2.37. The van der Waals surface area contributed by atoms with Crippen LogP contribution in [0.1, 0.15) is 21.5 Å². The molecule has 3 N–H and O–H groups in total. The Labute approximate surface area is 214 Å². The van der Waals surface area contributed by atoms with Gasteiger partial charge in [-0.15, -0.1) is 11.3 Å². The minimum Gasteiger partial charge on any atom is -0.379 e. The summed E-state index contributed by atoms with van der Waals surface area (Å²) < 4.78 is 72.6. The monoisotopic (exact) mass is 556 g/mol. The van der Waals surface area contributed by atoms with Crippen molar-refractivity contribution in [3.05, 3.63) is 58.6 Å². The van der Waals surface area contributed by atoms with Gasteiger partial charge in [-0.05, 0) is 29.1 Å². The first-order valence-electron chi connectivity index (χ1n) is 11.0. The molecule has 1 aliphatic rings. The third kappa shape index (κ3) is 6.54. The van der Waals surface area contributed by atoms with Crippen molar-refractivity contribution in [3.63, 3.8) is 0 Å². The van der Waals surface area contributed by atoms with E-state index in [1.165, 1.54) is 17.4 Å². The summed E-state index contributed by atoms with van der Waals surface area (Å²) in [6.07, 6.45) is -4.09. The fraction of sp³-hybridized carbons (Fsp3) is 0.318. The lowest BCUT2D eigenvalue weighted by molar-refractivity contribution is -0.137. The summed E-state index contributed by atoms with van der Waals surface area (Å²) >= 11 is 1.05. The number of carbonyl (C=O) groups excluding carboxylic acids is 1. The SMILES string of the molecule is CNC(=O)c1ccsc1Nc1nc(Nc2ccc(CS(=O)(=O)N3CCOCC3)cc2)ncc1C(F)(F)F. The maximum absolute atomic E-state index is 13.6. The molecule has 0 radical (unpaired) electrons. The van der Waals surface area contributed by atoms with Gasteiger partial charge in [0.2, 0.25) is 16.0 Å². The van der Waals surface area contributed by atoms with E-state index in [9.17, 15) is 26.4 Å². The molecule has 15 heteroatoms. The molecule has 1 amide bonds. The van der Waals surface area contributed by atoms with Crippen molar-refractivity contribution in [2.75, 3.05) is 44.0 Å². The molecule has 1 aliphatic heterocycles. The third-order valence-electron chi connectivity index (χ3n) is 5.39. The molecule has 1 aromatic carbocycles. The van der Waals surface area contributed by atoms with Crippen LogP contribution in [-0.2, 0) is 26.7 Å². The minimum atomic E-state index is -4.74. The largest absolute Gasteiger partial charge is 0.421 e. The van der Waals surface area contributed by atoms with E-state index < -0.39 is 33.5 Å². The molecule has 3 aromatic rings. The highest BCUT2D eigenvalue weighted by Gasteiger charge is 2.36. The van der Waals surface area contributed by atoms with E-state index in [0.29, 0.717) is 43.8 Å².